The standard InChI is InChI=1S/C22H20N6O4/c1-3-31-21(29)15-11-17(25-19(13-15)27-9-5-7-23-27)18-12-16(22(30)32-4-2)14-20(26-18)28-10-6-8-24-28/h5-14H,3-4H2,1-2H3. The van der Waals surface area contributed by atoms with Crippen molar-refractivity contribution in [3.05, 3.63) is 72.3 Å². The van der Waals surface area contributed by atoms with Gasteiger partial charge < -0.3 is 9.47 Å². The van der Waals surface area contributed by atoms with Gasteiger partial charge in [-0.15, -0.1) is 0 Å². The van der Waals surface area contributed by atoms with Crippen LogP contribution in [0.5, 0.6) is 0 Å². The minimum Gasteiger partial charge on any atom is -0.462 e. The predicted octanol–water partition coefficient (Wildman–Crippen LogP) is 2.87. The van der Waals surface area contributed by atoms with Crippen LogP contribution in [-0.4, -0.2) is 54.7 Å². The minimum atomic E-state index is -0.501. The second-order valence-corrected chi connectivity index (χ2v) is 6.54. The summed E-state index contributed by atoms with van der Waals surface area (Å²) in [5.74, 6) is -0.198. The molecule has 0 atom stereocenters. The van der Waals surface area contributed by atoms with Gasteiger partial charge in [0.1, 0.15) is 0 Å². The number of aromatic nitrogens is 6. The Kier molecular flexibility index (Phi) is 6.02. The molecule has 0 aliphatic heterocycles. The number of carbonyl (C=O) groups is 2. The first-order valence-corrected chi connectivity index (χ1v) is 9.98. The fraction of sp³-hybridized carbons (Fsp3) is 0.182. The van der Waals surface area contributed by atoms with Crippen molar-refractivity contribution in [2.75, 3.05) is 13.2 Å². The largest absolute Gasteiger partial charge is 0.462 e. The van der Waals surface area contributed by atoms with Crippen LogP contribution in [0.1, 0.15) is 34.6 Å². The summed E-state index contributed by atoms with van der Waals surface area (Å²) in [6.45, 7) is 3.92. The van der Waals surface area contributed by atoms with Gasteiger partial charge in [0.15, 0.2) is 11.6 Å². The summed E-state index contributed by atoms with van der Waals surface area (Å²) in [5, 5.41) is 8.38. The first kappa shape index (κ1) is 20.9. The van der Waals surface area contributed by atoms with Gasteiger partial charge in [0.05, 0.1) is 35.7 Å². The third-order valence-electron chi connectivity index (χ3n) is 4.39. The van der Waals surface area contributed by atoms with Gasteiger partial charge in [-0.2, -0.15) is 10.2 Å². The zero-order valence-corrected chi connectivity index (χ0v) is 17.5. The van der Waals surface area contributed by atoms with Crippen LogP contribution < -0.4 is 0 Å². The summed E-state index contributed by atoms with van der Waals surface area (Å²) in [6.07, 6.45) is 6.62. The number of pyridine rings is 2. The zero-order chi connectivity index (χ0) is 22.5. The van der Waals surface area contributed by atoms with E-state index in [1.165, 1.54) is 9.36 Å². The van der Waals surface area contributed by atoms with E-state index >= 15 is 0 Å². The lowest BCUT2D eigenvalue weighted by molar-refractivity contribution is 0.0516. The number of nitrogens with zero attached hydrogens (tertiary/aromatic N) is 6. The Balaban J connectivity index is 1.89. The molecule has 0 aliphatic rings. The van der Waals surface area contributed by atoms with Crippen molar-refractivity contribution in [3.63, 3.8) is 0 Å². The van der Waals surface area contributed by atoms with E-state index in [4.69, 9.17) is 9.47 Å². The van der Waals surface area contributed by atoms with Crippen LogP contribution in [0.2, 0.25) is 0 Å². The molecule has 0 unspecified atom stereocenters. The third-order valence-corrected chi connectivity index (χ3v) is 4.39. The summed E-state index contributed by atoms with van der Waals surface area (Å²) >= 11 is 0. The molecule has 0 N–H and O–H groups in total. The third kappa shape index (κ3) is 4.38. The summed E-state index contributed by atoms with van der Waals surface area (Å²) in [6, 6.07) is 9.78. The van der Waals surface area contributed by atoms with Gasteiger partial charge in [0.25, 0.3) is 0 Å². The lowest BCUT2D eigenvalue weighted by atomic mass is 10.1. The molecule has 162 valence electrons. The van der Waals surface area contributed by atoms with Crippen LogP contribution in [0.4, 0.5) is 0 Å². The summed E-state index contributed by atoms with van der Waals surface area (Å²) in [5.41, 5.74) is 1.29. The van der Waals surface area contributed by atoms with E-state index in [0.717, 1.165) is 0 Å². The minimum absolute atomic E-state index is 0.230. The number of esters is 2. The highest BCUT2D eigenvalue weighted by Crippen LogP contribution is 2.23. The van der Waals surface area contributed by atoms with Gasteiger partial charge in [-0.05, 0) is 50.2 Å². The summed E-state index contributed by atoms with van der Waals surface area (Å²) in [4.78, 5) is 34.2. The Labute approximate surface area is 183 Å². The molecular weight excluding hydrogens is 412 g/mol. The molecule has 0 spiro atoms. The monoisotopic (exact) mass is 432 g/mol. The molecule has 0 bridgehead atoms. The van der Waals surface area contributed by atoms with Crippen molar-refractivity contribution in [1.29, 1.82) is 0 Å². The Hall–Kier alpha value is -4.34. The molecule has 0 amide bonds. The second kappa shape index (κ2) is 9.21. The molecule has 0 aliphatic carbocycles. The van der Waals surface area contributed by atoms with E-state index in [0.29, 0.717) is 23.0 Å². The van der Waals surface area contributed by atoms with Crippen molar-refractivity contribution in [2.45, 2.75) is 13.8 Å². The fourth-order valence-electron chi connectivity index (χ4n) is 3.00. The first-order valence-electron chi connectivity index (χ1n) is 9.98. The van der Waals surface area contributed by atoms with E-state index in [2.05, 4.69) is 20.2 Å². The molecule has 4 rings (SSSR count). The molecule has 4 aromatic rings. The highest BCUT2D eigenvalue weighted by Gasteiger charge is 2.18. The Morgan fingerprint density at radius 3 is 1.53 bits per heavy atom. The molecule has 0 saturated carbocycles. The summed E-state index contributed by atoms with van der Waals surface area (Å²) < 4.78 is 13.4. The number of carbonyl (C=O) groups excluding carboxylic acids is 2. The topological polar surface area (TPSA) is 114 Å². The lowest BCUT2D eigenvalue weighted by Crippen LogP contribution is -2.11. The van der Waals surface area contributed by atoms with E-state index in [9.17, 15) is 9.59 Å². The second-order valence-electron chi connectivity index (χ2n) is 6.54. The van der Waals surface area contributed by atoms with Crippen molar-refractivity contribution in [2.24, 2.45) is 0 Å². The lowest BCUT2D eigenvalue weighted by Gasteiger charge is -2.11. The average Bonchev–Trinajstić information content (AvgIpc) is 3.53. The maximum Gasteiger partial charge on any atom is 0.338 e. The van der Waals surface area contributed by atoms with Gasteiger partial charge >= 0.3 is 11.9 Å². The highest BCUT2D eigenvalue weighted by atomic mass is 16.5. The van der Waals surface area contributed by atoms with Crippen LogP contribution in [-0.2, 0) is 9.47 Å². The van der Waals surface area contributed by atoms with E-state index in [1.807, 2.05) is 0 Å². The molecule has 10 nitrogen and oxygen atoms in total. The van der Waals surface area contributed by atoms with Gasteiger partial charge in [0, 0.05) is 24.8 Å². The maximum atomic E-state index is 12.5. The van der Waals surface area contributed by atoms with Crippen LogP contribution >= 0.6 is 0 Å². The maximum absolute atomic E-state index is 12.5. The van der Waals surface area contributed by atoms with Crippen molar-refractivity contribution < 1.29 is 19.1 Å². The molecule has 0 saturated heterocycles. The number of ether oxygens (including phenoxy) is 2. The van der Waals surface area contributed by atoms with Crippen molar-refractivity contribution in [3.8, 4) is 23.0 Å². The number of hydrogen-bond acceptors (Lipinski definition) is 8. The van der Waals surface area contributed by atoms with Crippen LogP contribution in [0.25, 0.3) is 23.0 Å². The van der Waals surface area contributed by atoms with Gasteiger partial charge in [-0.3, -0.25) is 0 Å². The zero-order valence-electron chi connectivity index (χ0n) is 17.5. The SMILES string of the molecule is CCOC(=O)c1cc(-c2cc(C(=O)OCC)cc(-n3cccn3)n2)nc(-n2cccn2)c1. The Morgan fingerprint density at radius 1 is 0.750 bits per heavy atom. The van der Waals surface area contributed by atoms with Gasteiger partial charge in [-0.1, -0.05) is 0 Å². The molecule has 4 aromatic heterocycles. The molecule has 0 fully saturated rings. The molecular formula is C22H20N6O4. The van der Waals surface area contributed by atoms with Gasteiger partial charge in [-0.25, -0.2) is 28.9 Å². The molecule has 0 aromatic carbocycles. The van der Waals surface area contributed by atoms with E-state index in [-0.39, 0.29) is 24.3 Å². The van der Waals surface area contributed by atoms with Crippen LogP contribution in [0.15, 0.2) is 61.2 Å². The van der Waals surface area contributed by atoms with E-state index in [1.54, 1.807) is 75.0 Å². The highest BCUT2D eigenvalue weighted by molar-refractivity contribution is 5.93. The smallest absolute Gasteiger partial charge is 0.338 e. The first-order chi connectivity index (χ1) is 15.6. The van der Waals surface area contributed by atoms with Crippen LogP contribution in [0, 0.1) is 0 Å². The Morgan fingerprint density at radius 2 is 1.19 bits per heavy atom. The van der Waals surface area contributed by atoms with Gasteiger partial charge in [0.2, 0.25) is 0 Å². The number of hydrogen-bond donors (Lipinski definition) is 0. The number of rotatable bonds is 7. The predicted molar refractivity (Wildman–Crippen MR) is 114 cm³/mol. The normalized spacial score (nSPS) is 10.7. The molecule has 4 heterocycles. The molecule has 32 heavy (non-hydrogen) atoms. The quantitative estimate of drug-likeness (QED) is 0.410. The van der Waals surface area contributed by atoms with Crippen molar-refractivity contribution >= 4 is 11.9 Å². The Bertz CT molecular complexity index is 1140. The van der Waals surface area contributed by atoms with E-state index < -0.39 is 11.9 Å². The summed E-state index contributed by atoms with van der Waals surface area (Å²) in [7, 11) is 0. The average molecular weight is 432 g/mol. The van der Waals surface area contributed by atoms with Crippen molar-refractivity contribution in [1.82, 2.24) is 29.5 Å². The molecule has 10 heteroatoms. The molecule has 0 radical (unpaired) electrons. The fourth-order valence-corrected chi connectivity index (χ4v) is 3.00. The van der Waals surface area contributed by atoms with Crippen LogP contribution in [0.3, 0.4) is 0 Å².